The summed E-state index contributed by atoms with van der Waals surface area (Å²) >= 11 is 0. The SMILES string of the molecule is CCCCCCCCCCCCCCCC(=O)NC(CCCCNC(C)=O)C(=O)O. The van der Waals surface area contributed by atoms with Gasteiger partial charge in [-0.2, -0.15) is 0 Å². The average molecular weight is 427 g/mol. The highest BCUT2D eigenvalue weighted by Crippen LogP contribution is 2.13. The largest absolute Gasteiger partial charge is 0.480 e. The van der Waals surface area contributed by atoms with Crippen molar-refractivity contribution in [1.82, 2.24) is 10.6 Å². The molecule has 0 bridgehead atoms. The first kappa shape index (κ1) is 28.4. The van der Waals surface area contributed by atoms with E-state index in [1.807, 2.05) is 0 Å². The van der Waals surface area contributed by atoms with Crippen LogP contribution in [0.3, 0.4) is 0 Å². The van der Waals surface area contributed by atoms with Crippen LogP contribution in [0.5, 0.6) is 0 Å². The third-order valence-corrected chi connectivity index (χ3v) is 5.43. The normalized spacial score (nSPS) is 11.8. The molecule has 30 heavy (non-hydrogen) atoms. The Balaban J connectivity index is 3.58. The summed E-state index contributed by atoms with van der Waals surface area (Å²) in [5.74, 6) is -1.25. The van der Waals surface area contributed by atoms with Crippen molar-refractivity contribution in [2.24, 2.45) is 0 Å². The van der Waals surface area contributed by atoms with Crippen LogP contribution in [0.4, 0.5) is 0 Å². The van der Waals surface area contributed by atoms with Crippen molar-refractivity contribution < 1.29 is 19.5 Å². The number of unbranched alkanes of at least 4 members (excludes halogenated alkanes) is 13. The lowest BCUT2D eigenvalue weighted by Gasteiger charge is -2.14. The van der Waals surface area contributed by atoms with E-state index in [-0.39, 0.29) is 11.8 Å². The van der Waals surface area contributed by atoms with Crippen molar-refractivity contribution in [3.63, 3.8) is 0 Å². The number of hydrogen-bond acceptors (Lipinski definition) is 3. The minimum absolute atomic E-state index is 0.0871. The van der Waals surface area contributed by atoms with Gasteiger partial charge in [0.1, 0.15) is 6.04 Å². The summed E-state index contributed by atoms with van der Waals surface area (Å²) in [6.45, 7) is 4.24. The maximum absolute atomic E-state index is 12.0. The number of hydrogen-bond donors (Lipinski definition) is 3. The van der Waals surface area contributed by atoms with Crippen LogP contribution in [0.25, 0.3) is 0 Å². The molecule has 0 aromatic rings. The standard InChI is InChI=1S/C24H46N2O4/c1-3-4-5-6-7-8-9-10-11-12-13-14-15-19-23(28)26-22(24(29)30)18-16-17-20-25-21(2)27/h22H,3-20H2,1-2H3,(H,25,27)(H,26,28)(H,29,30). The topological polar surface area (TPSA) is 95.5 Å². The fraction of sp³-hybridized carbons (Fsp3) is 0.875. The lowest BCUT2D eigenvalue weighted by Crippen LogP contribution is -2.40. The Labute approximate surface area is 184 Å². The third-order valence-electron chi connectivity index (χ3n) is 5.43. The second kappa shape index (κ2) is 20.7. The molecule has 0 saturated heterocycles. The maximum atomic E-state index is 12.0. The summed E-state index contributed by atoms with van der Waals surface area (Å²) in [7, 11) is 0. The van der Waals surface area contributed by atoms with E-state index >= 15 is 0 Å². The first-order chi connectivity index (χ1) is 14.5. The summed E-state index contributed by atoms with van der Waals surface area (Å²) in [6.07, 6.45) is 18.5. The molecule has 0 aliphatic heterocycles. The minimum Gasteiger partial charge on any atom is -0.480 e. The smallest absolute Gasteiger partial charge is 0.326 e. The van der Waals surface area contributed by atoms with Gasteiger partial charge in [-0.15, -0.1) is 0 Å². The maximum Gasteiger partial charge on any atom is 0.326 e. The molecule has 6 nitrogen and oxygen atoms in total. The Kier molecular flexibility index (Phi) is 19.6. The van der Waals surface area contributed by atoms with E-state index in [4.69, 9.17) is 0 Å². The van der Waals surface area contributed by atoms with Gasteiger partial charge >= 0.3 is 5.97 Å². The Morgan fingerprint density at radius 1 is 0.733 bits per heavy atom. The quantitative estimate of drug-likeness (QED) is 0.216. The molecule has 0 fully saturated rings. The van der Waals surface area contributed by atoms with E-state index in [9.17, 15) is 19.5 Å². The van der Waals surface area contributed by atoms with Gasteiger partial charge in [0, 0.05) is 19.9 Å². The Morgan fingerprint density at radius 2 is 1.23 bits per heavy atom. The van der Waals surface area contributed by atoms with E-state index in [1.54, 1.807) is 0 Å². The summed E-state index contributed by atoms with van der Waals surface area (Å²) in [5, 5.41) is 14.6. The number of amides is 2. The number of aliphatic carboxylic acids is 1. The van der Waals surface area contributed by atoms with Crippen molar-refractivity contribution in [2.45, 2.75) is 129 Å². The molecular formula is C24H46N2O4. The number of carbonyl (C=O) groups excluding carboxylic acids is 2. The van der Waals surface area contributed by atoms with Crippen LogP contribution in [0, 0.1) is 0 Å². The van der Waals surface area contributed by atoms with Gasteiger partial charge in [0.25, 0.3) is 0 Å². The van der Waals surface area contributed by atoms with Crippen LogP contribution in [0.1, 0.15) is 123 Å². The van der Waals surface area contributed by atoms with E-state index in [2.05, 4.69) is 17.6 Å². The summed E-state index contributed by atoms with van der Waals surface area (Å²) < 4.78 is 0. The first-order valence-corrected chi connectivity index (χ1v) is 12.2. The molecule has 2 amide bonds. The number of nitrogens with one attached hydrogen (secondary N) is 2. The van der Waals surface area contributed by atoms with Gasteiger partial charge in [-0.3, -0.25) is 9.59 Å². The number of carboxylic acid groups (broad SMARTS) is 1. The van der Waals surface area contributed by atoms with Gasteiger partial charge < -0.3 is 15.7 Å². The zero-order chi connectivity index (χ0) is 22.5. The van der Waals surface area contributed by atoms with Gasteiger partial charge in [-0.25, -0.2) is 4.79 Å². The summed E-state index contributed by atoms with van der Waals surface area (Å²) in [4.78, 5) is 34.1. The van der Waals surface area contributed by atoms with E-state index in [0.717, 1.165) is 19.3 Å². The molecule has 0 heterocycles. The van der Waals surface area contributed by atoms with Crippen molar-refractivity contribution in [2.75, 3.05) is 6.54 Å². The zero-order valence-electron chi connectivity index (χ0n) is 19.5. The monoisotopic (exact) mass is 426 g/mol. The zero-order valence-corrected chi connectivity index (χ0v) is 19.5. The highest BCUT2D eigenvalue weighted by molar-refractivity contribution is 5.83. The second-order valence-corrected chi connectivity index (χ2v) is 8.43. The highest BCUT2D eigenvalue weighted by Gasteiger charge is 2.18. The average Bonchev–Trinajstić information content (AvgIpc) is 2.70. The summed E-state index contributed by atoms with van der Waals surface area (Å²) in [6, 6.07) is -0.836. The Hall–Kier alpha value is -1.59. The molecule has 0 radical (unpaired) electrons. The summed E-state index contributed by atoms with van der Waals surface area (Å²) in [5.41, 5.74) is 0. The van der Waals surface area contributed by atoms with Crippen LogP contribution in [-0.4, -0.2) is 35.5 Å². The minimum atomic E-state index is -0.992. The predicted octanol–water partition coefficient (Wildman–Crippen LogP) is 5.34. The van der Waals surface area contributed by atoms with Gasteiger partial charge in [-0.05, 0) is 25.7 Å². The molecule has 1 unspecified atom stereocenters. The third kappa shape index (κ3) is 19.7. The van der Waals surface area contributed by atoms with Gasteiger partial charge in [-0.1, -0.05) is 84.0 Å². The van der Waals surface area contributed by atoms with Crippen molar-refractivity contribution >= 4 is 17.8 Å². The molecule has 176 valence electrons. The van der Waals surface area contributed by atoms with Crippen molar-refractivity contribution in [3.05, 3.63) is 0 Å². The lowest BCUT2D eigenvalue weighted by molar-refractivity contribution is -0.142. The lowest BCUT2D eigenvalue weighted by atomic mass is 10.0. The number of carbonyl (C=O) groups is 3. The number of rotatable bonds is 21. The number of carboxylic acids is 1. The van der Waals surface area contributed by atoms with E-state index < -0.39 is 12.0 Å². The van der Waals surface area contributed by atoms with Crippen molar-refractivity contribution in [1.29, 1.82) is 0 Å². The molecule has 0 rings (SSSR count). The molecule has 3 N–H and O–H groups in total. The molecule has 0 aromatic carbocycles. The highest BCUT2D eigenvalue weighted by atomic mass is 16.4. The molecule has 0 spiro atoms. The molecule has 0 aliphatic rings. The first-order valence-electron chi connectivity index (χ1n) is 12.2. The Bertz CT molecular complexity index is 454. The van der Waals surface area contributed by atoms with Crippen LogP contribution < -0.4 is 10.6 Å². The fourth-order valence-electron chi connectivity index (χ4n) is 3.57. The van der Waals surface area contributed by atoms with Gasteiger partial charge in [0.15, 0.2) is 0 Å². The van der Waals surface area contributed by atoms with Gasteiger partial charge in [0.05, 0.1) is 0 Å². The van der Waals surface area contributed by atoms with E-state index in [1.165, 1.54) is 71.1 Å². The molecule has 1 atom stereocenters. The fourth-order valence-corrected chi connectivity index (χ4v) is 3.57. The molecule has 0 saturated carbocycles. The molecule has 0 aliphatic carbocycles. The molecule has 6 heteroatoms. The predicted molar refractivity (Wildman–Crippen MR) is 122 cm³/mol. The van der Waals surface area contributed by atoms with Crippen LogP contribution in [0.15, 0.2) is 0 Å². The van der Waals surface area contributed by atoms with Gasteiger partial charge in [0.2, 0.25) is 11.8 Å². The van der Waals surface area contributed by atoms with Crippen LogP contribution in [0.2, 0.25) is 0 Å². The van der Waals surface area contributed by atoms with E-state index in [0.29, 0.717) is 32.2 Å². The van der Waals surface area contributed by atoms with Crippen LogP contribution in [-0.2, 0) is 14.4 Å². The van der Waals surface area contributed by atoms with Crippen molar-refractivity contribution in [3.8, 4) is 0 Å². The second-order valence-electron chi connectivity index (χ2n) is 8.43. The molecular weight excluding hydrogens is 380 g/mol. The molecule has 0 aromatic heterocycles. The van der Waals surface area contributed by atoms with Crippen LogP contribution >= 0.6 is 0 Å². The Morgan fingerprint density at radius 3 is 1.70 bits per heavy atom.